The molecule has 4 nitrogen and oxygen atoms in total. The molecule has 98 valence electrons. The number of aromatic nitrogens is 2. The molecule has 0 aliphatic carbocycles. The zero-order valence-corrected chi connectivity index (χ0v) is 12.9. The summed E-state index contributed by atoms with van der Waals surface area (Å²) in [6, 6.07) is 9.57. The molecule has 0 spiro atoms. The van der Waals surface area contributed by atoms with Crippen LogP contribution in [0.15, 0.2) is 49.5 Å². The smallest absolute Gasteiger partial charge is 0.296 e. The van der Waals surface area contributed by atoms with E-state index in [0.29, 0.717) is 15.5 Å². The summed E-state index contributed by atoms with van der Waals surface area (Å²) in [6.45, 7) is 0.414. The third kappa shape index (κ3) is 3.78. The maximum absolute atomic E-state index is 11.7. The van der Waals surface area contributed by atoms with Gasteiger partial charge >= 0.3 is 5.69 Å². The number of benzene rings is 1. The number of nitrogens with zero attached hydrogens (tertiary/aromatic N) is 1. The second-order valence-electron chi connectivity index (χ2n) is 3.89. The molecule has 0 aliphatic rings. The summed E-state index contributed by atoms with van der Waals surface area (Å²) in [5.41, 5.74) is 0.561. The van der Waals surface area contributed by atoms with E-state index in [0.717, 1.165) is 5.56 Å². The second-order valence-corrected chi connectivity index (χ2v) is 6.66. The van der Waals surface area contributed by atoms with Gasteiger partial charge in [0, 0.05) is 6.20 Å². The van der Waals surface area contributed by atoms with Crippen LogP contribution < -0.4 is 11.2 Å². The van der Waals surface area contributed by atoms with E-state index in [-0.39, 0.29) is 0 Å². The lowest BCUT2D eigenvalue weighted by Crippen LogP contribution is -2.31. The number of aromatic amines is 1. The summed E-state index contributed by atoms with van der Waals surface area (Å²) in [4.78, 5) is 25.7. The summed E-state index contributed by atoms with van der Waals surface area (Å²) in [7, 11) is 0. The number of hydrogen-bond acceptors (Lipinski definition) is 2. The van der Waals surface area contributed by atoms with E-state index in [9.17, 15) is 9.59 Å². The fraction of sp³-hybridized carbons (Fsp3) is 0.0769. The second kappa shape index (κ2) is 6.16. The molecule has 0 radical (unpaired) electrons. The molecule has 0 atom stereocenters. The summed E-state index contributed by atoms with van der Waals surface area (Å²) in [5, 5.41) is 0. The summed E-state index contributed by atoms with van der Waals surface area (Å²) in [6.07, 6.45) is 3.14. The van der Waals surface area contributed by atoms with E-state index >= 15 is 0 Å². The van der Waals surface area contributed by atoms with E-state index in [4.69, 9.17) is 0 Å². The van der Waals surface area contributed by atoms with E-state index in [2.05, 4.69) is 36.8 Å². The van der Waals surface area contributed by atoms with Crippen LogP contribution in [0.25, 0.3) is 6.08 Å². The van der Waals surface area contributed by atoms with Crippen molar-refractivity contribution in [3.63, 3.8) is 0 Å². The van der Waals surface area contributed by atoms with Gasteiger partial charge in [0.25, 0.3) is 5.56 Å². The van der Waals surface area contributed by atoms with Crippen LogP contribution in [-0.4, -0.2) is 9.55 Å². The predicted octanol–water partition coefficient (Wildman–Crippen LogP) is 2.67. The molecule has 1 heterocycles. The minimum atomic E-state index is -0.420. The molecular formula is C13H10Br2N2O2. The molecule has 2 rings (SSSR count). The van der Waals surface area contributed by atoms with Gasteiger partial charge in [-0.3, -0.25) is 14.3 Å². The maximum atomic E-state index is 11.7. The number of H-pyrrole nitrogens is 1. The molecule has 6 heteroatoms. The van der Waals surface area contributed by atoms with Crippen LogP contribution in [-0.2, 0) is 6.54 Å². The van der Waals surface area contributed by atoms with Crippen molar-refractivity contribution in [2.75, 3.05) is 0 Å². The highest BCUT2D eigenvalue weighted by molar-refractivity contribution is 9.28. The van der Waals surface area contributed by atoms with Crippen LogP contribution in [0.3, 0.4) is 0 Å². The molecule has 0 amide bonds. The summed E-state index contributed by atoms with van der Waals surface area (Å²) < 4.78 is 2.10. The Labute approximate surface area is 126 Å². The zero-order valence-electron chi connectivity index (χ0n) is 9.77. The number of rotatable bonds is 3. The Bertz CT molecular complexity index is 713. The lowest BCUT2D eigenvalue weighted by atomic mass is 10.2. The molecule has 0 aliphatic heterocycles. The minimum Gasteiger partial charge on any atom is -0.296 e. The first-order valence-corrected chi connectivity index (χ1v) is 7.05. The van der Waals surface area contributed by atoms with Crippen LogP contribution in [0.2, 0.25) is 0 Å². The average Bonchev–Trinajstić information content (AvgIpc) is 2.36. The molecule has 0 unspecified atom stereocenters. The number of nitrogens with one attached hydrogen (secondary N) is 1. The Morgan fingerprint density at radius 3 is 2.53 bits per heavy atom. The highest BCUT2D eigenvalue weighted by Crippen LogP contribution is 2.15. The highest BCUT2D eigenvalue weighted by Gasteiger charge is 2.03. The predicted molar refractivity (Wildman–Crippen MR) is 82.7 cm³/mol. The molecule has 1 N–H and O–H groups in total. The largest absolute Gasteiger partial charge is 0.328 e. The van der Waals surface area contributed by atoms with Gasteiger partial charge in [0.15, 0.2) is 0 Å². The van der Waals surface area contributed by atoms with Crippen molar-refractivity contribution in [1.82, 2.24) is 9.55 Å². The minimum absolute atomic E-state index is 0.402. The van der Waals surface area contributed by atoms with Crippen molar-refractivity contribution < 1.29 is 0 Å². The van der Waals surface area contributed by atoms with Gasteiger partial charge in [-0.1, -0.05) is 30.3 Å². The third-order valence-electron chi connectivity index (χ3n) is 2.50. The molecule has 2 aromatic rings. The molecule has 1 aromatic carbocycles. The molecular weight excluding hydrogens is 376 g/mol. The van der Waals surface area contributed by atoms with Gasteiger partial charge in [0.1, 0.15) is 0 Å². The summed E-state index contributed by atoms with van der Waals surface area (Å²) >= 11 is 6.39. The van der Waals surface area contributed by atoms with Crippen LogP contribution in [0, 0.1) is 0 Å². The third-order valence-corrected chi connectivity index (χ3v) is 2.96. The van der Waals surface area contributed by atoms with Crippen molar-refractivity contribution in [3.8, 4) is 0 Å². The van der Waals surface area contributed by atoms with Gasteiger partial charge in [-0.05, 0) is 43.5 Å². The molecule has 1 aromatic heterocycles. The first-order valence-electron chi connectivity index (χ1n) is 5.46. The normalized spacial score (nSPS) is 10.2. The fourth-order valence-electron chi connectivity index (χ4n) is 1.64. The standard InChI is InChI=1S/C13H10Br2N2O2/c14-11(15)6-10-8-17(13(19)16-12(10)18)7-9-4-2-1-3-5-9/h1-6,8H,7H2,(H,16,18,19). The molecule has 0 saturated carbocycles. The van der Waals surface area contributed by atoms with E-state index in [1.807, 2.05) is 30.3 Å². The molecule has 0 fully saturated rings. The molecule has 19 heavy (non-hydrogen) atoms. The average molecular weight is 386 g/mol. The van der Waals surface area contributed by atoms with Crippen LogP contribution in [0.1, 0.15) is 11.1 Å². The van der Waals surface area contributed by atoms with Crippen molar-refractivity contribution in [1.29, 1.82) is 0 Å². The van der Waals surface area contributed by atoms with E-state index in [1.165, 1.54) is 10.8 Å². The maximum Gasteiger partial charge on any atom is 0.328 e. The zero-order chi connectivity index (χ0) is 13.8. The van der Waals surface area contributed by atoms with Gasteiger partial charge < -0.3 is 0 Å². The Morgan fingerprint density at radius 1 is 1.21 bits per heavy atom. The Hall–Kier alpha value is -1.40. The Kier molecular flexibility index (Phi) is 4.55. The van der Waals surface area contributed by atoms with E-state index < -0.39 is 11.2 Å². The van der Waals surface area contributed by atoms with Gasteiger partial charge in [-0.25, -0.2) is 4.79 Å². The number of halogens is 2. The lowest BCUT2D eigenvalue weighted by molar-refractivity contribution is 0.718. The Balaban J connectivity index is 2.44. The van der Waals surface area contributed by atoms with Crippen LogP contribution >= 0.6 is 31.9 Å². The fourth-order valence-corrected chi connectivity index (χ4v) is 2.14. The quantitative estimate of drug-likeness (QED) is 0.882. The summed E-state index contributed by atoms with van der Waals surface area (Å²) in [5.74, 6) is 0. The monoisotopic (exact) mass is 384 g/mol. The highest BCUT2D eigenvalue weighted by atomic mass is 79.9. The number of hydrogen-bond donors (Lipinski definition) is 1. The van der Waals surface area contributed by atoms with Crippen LogP contribution in [0.5, 0.6) is 0 Å². The first kappa shape index (κ1) is 14.0. The van der Waals surface area contributed by atoms with Crippen LogP contribution in [0.4, 0.5) is 0 Å². The SMILES string of the molecule is O=c1[nH]c(=O)n(Cc2ccccc2)cc1C=C(Br)Br. The van der Waals surface area contributed by atoms with Gasteiger partial charge in [0.05, 0.1) is 15.5 Å². The first-order chi connectivity index (χ1) is 9.06. The molecule has 0 bridgehead atoms. The van der Waals surface area contributed by atoms with Crippen molar-refractivity contribution in [2.45, 2.75) is 6.54 Å². The van der Waals surface area contributed by atoms with Gasteiger partial charge in [0.2, 0.25) is 0 Å². The van der Waals surface area contributed by atoms with Gasteiger partial charge in [-0.2, -0.15) is 0 Å². The van der Waals surface area contributed by atoms with Crippen molar-refractivity contribution in [3.05, 3.63) is 71.9 Å². The van der Waals surface area contributed by atoms with E-state index in [1.54, 1.807) is 6.08 Å². The van der Waals surface area contributed by atoms with Crippen molar-refractivity contribution in [2.24, 2.45) is 0 Å². The van der Waals surface area contributed by atoms with Crippen molar-refractivity contribution >= 4 is 37.9 Å². The van der Waals surface area contributed by atoms with Gasteiger partial charge in [-0.15, -0.1) is 0 Å². The topological polar surface area (TPSA) is 54.9 Å². The lowest BCUT2D eigenvalue weighted by Gasteiger charge is -2.06. The molecule has 0 saturated heterocycles. The Morgan fingerprint density at radius 2 is 1.89 bits per heavy atom.